The number of pyridine rings is 1. The average Bonchev–Trinajstić information content (AvgIpc) is 2.27. The molecule has 0 atom stereocenters. The number of fused-ring (bicyclic) bond motifs is 1. The summed E-state index contributed by atoms with van der Waals surface area (Å²) in [6.45, 7) is 3.30. The molecule has 1 heterocycles. The number of aromatic amines is 1. The summed E-state index contributed by atoms with van der Waals surface area (Å²) in [6.07, 6.45) is 0. The fourth-order valence-corrected chi connectivity index (χ4v) is 2.29. The lowest BCUT2D eigenvalue weighted by Crippen LogP contribution is -2.18. The smallest absolute Gasteiger partial charge is 0.266 e. The molecule has 6 nitrogen and oxygen atoms in total. The Kier molecular flexibility index (Phi) is 2.75. The van der Waals surface area contributed by atoms with E-state index in [4.69, 9.17) is 16.7 Å². The van der Waals surface area contributed by atoms with Gasteiger partial charge in [0.15, 0.2) is 0 Å². The summed E-state index contributed by atoms with van der Waals surface area (Å²) in [5.41, 5.74) is 12.7. The Morgan fingerprint density at radius 1 is 1.42 bits per heavy atom. The molecule has 0 saturated heterocycles. The van der Waals surface area contributed by atoms with Crippen LogP contribution in [-0.2, 0) is 0 Å². The van der Waals surface area contributed by atoms with Crippen molar-refractivity contribution < 1.29 is 4.79 Å². The standard InChI is InChI=1S/C13H12N4O2/c1-5-3-8-10(11(15)9(5)12(16)18)6(2)7(4-14)13(19)17-8/h3H,15H2,1-2H3,(H2,16,18)(H,17,19). The predicted octanol–water partition coefficient (Wildman–Crippen LogP) is 0.698. The second-order valence-electron chi connectivity index (χ2n) is 4.33. The van der Waals surface area contributed by atoms with Gasteiger partial charge in [0.25, 0.3) is 11.5 Å². The first-order valence-electron chi connectivity index (χ1n) is 5.54. The molecule has 2 rings (SSSR count). The summed E-state index contributed by atoms with van der Waals surface area (Å²) in [5, 5.41) is 9.46. The van der Waals surface area contributed by atoms with E-state index in [0.717, 1.165) is 0 Å². The molecule has 0 unspecified atom stereocenters. The van der Waals surface area contributed by atoms with Crippen molar-refractivity contribution in [2.45, 2.75) is 13.8 Å². The van der Waals surface area contributed by atoms with Crippen LogP contribution in [0.15, 0.2) is 10.9 Å². The van der Waals surface area contributed by atoms with E-state index in [9.17, 15) is 9.59 Å². The minimum absolute atomic E-state index is 0.0153. The van der Waals surface area contributed by atoms with Gasteiger partial charge in [0.2, 0.25) is 0 Å². The maximum Gasteiger partial charge on any atom is 0.266 e. The molecule has 0 fully saturated rings. The van der Waals surface area contributed by atoms with E-state index in [0.29, 0.717) is 22.0 Å². The molecular formula is C13H12N4O2. The third kappa shape index (κ3) is 1.72. The van der Waals surface area contributed by atoms with Crippen LogP contribution in [-0.4, -0.2) is 10.9 Å². The summed E-state index contributed by atoms with van der Waals surface area (Å²) in [7, 11) is 0. The van der Waals surface area contributed by atoms with Gasteiger partial charge < -0.3 is 16.5 Å². The van der Waals surface area contributed by atoms with Crippen molar-refractivity contribution in [1.29, 1.82) is 5.26 Å². The van der Waals surface area contributed by atoms with Gasteiger partial charge in [-0.1, -0.05) is 0 Å². The zero-order valence-corrected chi connectivity index (χ0v) is 10.5. The van der Waals surface area contributed by atoms with Crippen molar-refractivity contribution in [3.05, 3.63) is 38.7 Å². The fourth-order valence-electron chi connectivity index (χ4n) is 2.29. The summed E-state index contributed by atoms with van der Waals surface area (Å²) < 4.78 is 0. The second-order valence-corrected chi connectivity index (χ2v) is 4.33. The van der Waals surface area contributed by atoms with Crippen molar-refractivity contribution in [2.24, 2.45) is 5.73 Å². The number of H-pyrrole nitrogens is 1. The second kappa shape index (κ2) is 4.14. The highest BCUT2D eigenvalue weighted by atomic mass is 16.1. The van der Waals surface area contributed by atoms with E-state index in [2.05, 4.69) is 4.98 Å². The number of aromatic nitrogens is 1. The fraction of sp³-hybridized carbons (Fsp3) is 0.154. The van der Waals surface area contributed by atoms with Gasteiger partial charge in [-0.05, 0) is 31.0 Å². The molecule has 0 aliphatic carbocycles. The molecule has 0 aliphatic heterocycles. The number of carbonyl (C=O) groups excluding carboxylic acids is 1. The lowest BCUT2D eigenvalue weighted by Gasteiger charge is -2.12. The minimum atomic E-state index is -0.638. The number of hydrogen-bond acceptors (Lipinski definition) is 4. The van der Waals surface area contributed by atoms with Crippen LogP contribution in [0.3, 0.4) is 0 Å². The molecule has 96 valence electrons. The van der Waals surface area contributed by atoms with Crippen LogP contribution in [0.25, 0.3) is 10.9 Å². The number of rotatable bonds is 1. The molecule has 0 saturated carbocycles. The van der Waals surface area contributed by atoms with Crippen LogP contribution in [0.2, 0.25) is 0 Å². The van der Waals surface area contributed by atoms with E-state index in [1.165, 1.54) is 0 Å². The highest BCUT2D eigenvalue weighted by Crippen LogP contribution is 2.29. The Hall–Kier alpha value is -2.81. The van der Waals surface area contributed by atoms with Crippen LogP contribution in [0.5, 0.6) is 0 Å². The molecule has 0 spiro atoms. The van der Waals surface area contributed by atoms with Crippen molar-refractivity contribution in [1.82, 2.24) is 4.98 Å². The Labute approximate surface area is 108 Å². The molecule has 0 radical (unpaired) electrons. The summed E-state index contributed by atoms with van der Waals surface area (Å²) in [6, 6.07) is 3.46. The van der Waals surface area contributed by atoms with Crippen LogP contribution in [0, 0.1) is 25.2 Å². The number of primary amides is 1. The highest BCUT2D eigenvalue weighted by molar-refractivity contribution is 6.08. The Bertz CT molecular complexity index is 812. The summed E-state index contributed by atoms with van der Waals surface area (Å²) in [5.74, 6) is -0.638. The first kappa shape index (κ1) is 12.6. The van der Waals surface area contributed by atoms with Crippen LogP contribution < -0.4 is 17.0 Å². The molecule has 0 bridgehead atoms. The quantitative estimate of drug-likeness (QED) is 0.649. The number of nitriles is 1. The van der Waals surface area contributed by atoms with Crippen molar-refractivity contribution in [2.75, 3.05) is 5.73 Å². The monoisotopic (exact) mass is 256 g/mol. The van der Waals surface area contributed by atoms with E-state index in [-0.39, 0.29) is 16.8 Å². The van der Waals surface area contributed by atoms with Crippen molar-refractivity contribution in [3.63, 3.8) is 0 Å². The van der Waals surface area contributed by atoms with Gasteiger partial charge in [-0.25, -0.2) is 0 Å². The average molecular weight is 256 g/mol. The maximum absolute atomic E-state index is 11.7. The molecule has 19 heavy (non-hydrogen) atoms. The molecular weight excluding hydrogens is 244 g/mol. The molecule has 1 amide bonds. The molecule has 1 aromatic heterocycles. The number of nitrogens with zero attached hydrogens (tertiary/aromatic N) is 1. The minimum Gasteiger partial charge on any atom is -0.398 e. The normalized spacial score (nSPS) is 10.4. The number of nitrogens with two attached hydrogens (primary N) is 2. The number of carbonyl (C=O) groups is 1. The number of anilines is 1. The lowest BCUT2D eigenvalue weighted by atomic mass is 9.97. The van der Waals surface area contributed by atoms with Gasteiger partial charge >= 0.3 is 0 Å². The third-order valence-electron chi connectivity index (χ3n) is 3.15. The number of nitrogen functional groups attached to an aromatic ring is 1. The SMILES string of the molecule is Cc1cc2[nH]c(=O)c(C#N)c(C)c2c(N)c1C(N)=O. The molecule has 5 N–H and O–H groups in total. The largest absolute Gasteiger partial charge is 0.398 e. The van der Waals surface area contributed by atoms with Crippen molar-refractivity contribution >= 4 is 22.5 Å². The summed E-state index contributed by atoms with van der Waals surface area (Å²) >= 11 is 0. The Morgan fingerprint density at radius 2 is 2.05 bits per heavy atom. The molecule has 1 aromatic carbocycles. The zero-order chi connectivity index (χ0) is 14.3. The summed E-state index contributed by atoms with van der Waals surface area (Å²) in [4.78, 5) is 25.7. The van der Waals surface area contributed by atoms with Gasteiger partial charge in [0.1, 0.15) is 11.6 Å². The number of hydrogen-bond donors (Lipinski definition) is 3. The Morgan fingerprint density at radius 3 is 2.58 bits per heavy atom. The van der Waals surface area contributed by atoms with E-state index >= 15 is 0 Å². The van der Waals surface area contributed by atoms with E-state index < -0.39 is 11.5 Å². The number of benzene rings is 1. The number of nitrogens with one attached hydrogen (secondary N) is 1. The van der Waals surface area contributed by atoms with E-state index in [1.54, 1.807) is 19.9 Å². The van der Waals surface area contributed by atoms with Gasteiger partial charge in [0, 0.05) is 5.39 Å². The maximum atomic E-state index is 11.7. The van der Waals surface area contributed by atoms with Crippen molar-refractivity contribution in [3.8, 4) is 6.07 Å². The predicted molar refractivity (Wildman–Crippen MR) is 71.7 cm³/mol. The van der Waals surface area contributed by atoms with Gasteiger partial charge in [-0.3, -0.25) is 9.59 Å². The first-order chi connectivity index (χ1) is 8.88. The first-order valence-corrected chi connectivity index (χ1v) is 5.54. The van der Waals surface area contributed by atoms with Crippen LogP contribution >= 0.6 is 0 Å². The molecule has 2 aromatic rings. The topological polar surface area (TPSA) is 126 Å². The molecule has 6 heteroatoms. The number of amides is 1. The zero-order valence-electron chi connectivity index (χ0n) is 10.5. The van der Waals surface area contributed by atoms with Gasteiger partial charge in [-0.2, -0.15) is 5.26 Å². The highest BCUT2D eigenvalue weighted by Gasteiger charge is 2.17. The third-order valence-corrected chi connectivity index (χ3v) is 3.15. The van der Waals surface area contributed by atoms with Gasteiger partial charge in [0.05, 0.1) is 16.8 Å². The molecule has 0 aliphatic rings. The van der Waals surface area contributed by atoms with Crippen LogP contribution in [0.4, 0.5) is 5.69 Å². The van der Waals surface area contributed by atoms with E-state index in [1.807, 2.05) is 6.07 Å². The Balaban J connectivity index is 3.09. The van der Waals surface area contributed by atoms with Gasteiger partial charge in [-0.15, -0.1) is 0 Å². The van der Waals surface area contributed by atoms with Crippen LogP contribution in [0.1, 0.15) is 27.0 Å². The lowest BCUT2D eigenvalue weighted by molar-refractivity contribution is 0.100. The number of aryl methyl sites for hydroxylation is 2.